The first-order chi connectivity index (χ1) is 9.92. The van der Waals surface area contributed by atoms with Crippen molar-refractivity contribution in [3.05, 3.63) is 54.9 Å². The fourth-order valence-corrected chi connectivity index (χ4v) is 2.14. The van der Waals surface area contributed by atoms with Gasteiger partial charge in [-0.15, -0.1) is 10.2 Å². The Bertz CT molecular complexity index is 905. The topological polar surface area (TPSA) is 64.5 Å². The van der Waals surface area contributed by atoms with E-state index in [0.29, 0.717) is 11.5 Å². The van der Waals surface area contributed by atoms with Gasteiger partial charge < -0.3 is 0 Å². The first kappa shape index (κ1) is 10.9. The van der Waals surface area contributed by atoms with Gasteiger partial charge in [0.15, 0.2) is 0 Å². The lowest BCUT2D eigenvalue weighted by Crippen LogP contribution is -1.96. The second-order valence-electron chi connectivity index (χ2n) is 4.36. The second kappa shape index (κ2) is 4.31. The molecule has 0 atom stereocenters. The number of nitrogens with zero attached hydrogens (tertiary/aromatic N) is 5. The maximum Gasteiger partial charge on any atom is 0.201 e. The Morgan fingerprint density at radius 2 is 1.65 bits per heavy atom. The fraction of sp³-hybridized carbons (Fsp3) is 0. The number of fused-ring (bicyclic) bond motifs is 3. The largest absolute Gasteiger partial charge is 0.254 e. The first-order valence-electron chi connectivity index (χ1n) is 6.21. The van der Waals surface area contributed by atoms with Gasteiger partial charge in [0.1, 0.15) is 16.7 Å². The van der Waals surface area contributed by atoms with Crippen LogP contribution in [0.4, 0.5) is 0 Å². The zero-order valence-corrected chi connectivity index (χ0v) is 10.4. The van der Waals surface area contributed by atoms with Crippen LogP contribution < -0.4 is 0 Å². The highest BCUT2D eigenvalue weighted by Crippen LogP contribution is 2.21. The fourth-order valence-electron chi connectivity index (χ4n) is 2.14. The van der Waals surface area contributed by atoms with Crippen molar-refractivity contribution in [2.24, 2.45) is 0 Å². The number of aromatic nitrogens is 5. The maximum absolute atomic E-state index is 4.50. The Labute approximate surface area is 114 Å². The summed E-state index contributed by atoms with van der Waals surface area (Å²) in [5, 5.41) is 9.43. The van der Waals surface area contributed by atoms with Gasteiger partial charge in [-0.25, -0.2) is 4.98 Å². The van der Waals surface area contributed by atoms with Crippen molar-refractivity contribution in [2.45, 2.75) is 0 Å². The molecule has 0 saturated carbocycles. The number of hydrogen-bond donors (Lipinski definition) is 0. The van der Waals surface area contributed by atoms with E-state index in [1.807, 2.05) is 42.5 Å². The zero-order chi connectivity index (χ0) is 13.4. The summed E-state index contributed by atoms with van der Waals surface area (Å²) in [6, 6.07) is 13.4. The lowest BCUT2D eigenvalue weighted by atomic mass is 10.2. The summed E-state index contributed by atoms with van der Waals surface area (Å²) in [6.07, 6.45) is 3.43. The van der Waals surface area contributed by atoms with Crippen LogP contribution in [0.1, 0.15) is 0 Å². The Kier molecular flexibility index (Phi) is 2.35. The van der Waals surface area contributed by atoms with Crippen LogP contribution >= 0.6 is 0 Å². The third-order valence-electron chi connectivity index (χ3n) is 3.09. The monoisotopic (exact) mass is 259 g/mol. The molecule has 0 aliphatic carbocycles. The van der Waals surface area contributed by atoms with Crippen molar-refractivity contribution in [1.29, 1.82) is 0 Å². The molecule has 0 N–H and O–H groups in total. The molecule has 4 aromatic rings. The molecule has 1 aromatic carbocycles. The lowest BCUT2D eigenvalue weighted by molar-refractivity contribution is 1.02. The van der Waals surface area contributed by atoms with Crippen LogP contribution in [0.15, 0.2) is 54.9 Å². The van der Waals surface area contributed by atoms with Crippen LogP contribution in [0.3, 0.4) is 0 Å². The number of para-hydroxylation sites is 1. The molecule has 0 saturated heterocycles. The molecular weight excluding hydrogens is 250 g/mol. The molecule has 20 heavy (non-hydrogen) atoms. The van der Waals surface area contributed by atoms with E-state index >= 15 is 0 Å². The van der Waals surface area contributed by atoms with Gasteiger partial charge in [0, 0.05) is 11.6 Å². The highest BCUT2D eigenvalue weighted by atomic mass is 15.2. The molecule has 0 amide bonds. The molecule has 0 aliphatic rings. The molecule has 94 valence electrons. The van der Waals surface area contributed by atoms with Crippen LogP contribution in [0, 0.1) is 0 Å². The zero-order valence-electron chi connectivity index (χ0n) is 10.4. The Hall–Kier alpha value is -2.95. The average Bonchev–Trinajstić information content (AvgIpc) is 2.55. The van der Waals surface area contributed by atoms with Crippen molar-refractivity contribution in [3.8, 4) is 11.5 Å². The molecule has 3 aromatic heterocycles. The van der Waals surface area contributed by atoms with Crippen LogP contribution in [-0.2, 0) is 0 Å². The Balaban J connectivity index is 1.99. The summed E-state index contributed by atoms with van der Waals surface area (Å²) in [7, 11) is 0. The van der Waals surface area contributed by atoms with E-state index in [1.165, 1.54) is 0 Å². The molecule has 0 radical (unpaired) electrons. The lowest BCUT2D eigenvalue weighted by Gasteiger charge is -2.02. The molecule has 0 bridgehead atoms. The molecule has 5 heteroatoms. The number of benzene rings is 1. The van der Waals surface area contributed by atoms with E-state index in [1.54, 1.807) is 12.4 Å². The van der Waals surface area contributed by atoms with Gasteiger partial charge in [-0.3, -0.25) is 9.97 Å². The van der Waals surface area contributed by atoms with E-state index in [2.05, 4.69) is 25.1 Å². The molecule has 4 rings (SSSR count). The normalized spacial score (nSPS) is 11.0. The van der Waals surface area contributed by atoms with Crippen LogP contribution in [0.5, 0.6) is 0 Å². The van der Waals surface area contributed by atoms with Gasteiger partial charge in [-0.1, -0.05) is 24.3 Å². The molecule has 3 heterocycles. The molecule has 0 fully saturated rings. The van der Waals surface area contributed by atoms with Gasteiger partial charge in [-0.05, 0) is 18.2 Å². The van der Waals surface area contributed by atoms with E-state index in [-0.39, 0.29) is 0 Å². The third-order valence-corrected chi connectivity index (χ3v) is 3.09. The molecule has 0 aliphatic heterocycles. The second-order valence-corrected chi connectivity index (χ2v) is 4.36. The van der Waals surface area contributed by atoms with Crippen LogP contribution in [0.25, 0.3) is 33.5 Å². The standard InChI is InChI=1S/C15H9N5/c1-2-6-11-10(5-1)14-13(9-17-11)18-15(20-19-14)12-7-3-4-8-16-12/h1-9H. The van der Waals surface area contributed by atoms with E-state index in [0.717, 1.165) is 21.9 Å². The SMILES string of the molecule is c1ccc(-c2nnc3c(cnc4ccccc43)n2)nc1. The van der Waals surface area contributed by atoms with Crippen molar-refractivity contribution >= 4 is 21.9 Å². The maximum atomic E-state index is 4.50. The van der Waals surface area contributed by atoms with Gasteiger partial charge >= 0.3 is 0 Å². The van der Waals surface area contributed by atoms with E-state index in [9.17, 15) is 0 Å². The summed E-state index contributed by atoms with van der Waals surface area (Å²) < 4.78 is 0. The highest BCUT2D eigenvalue weighted by Gasteiger charge is 2.08. The first-order valence-corrected chi connectivity index (χ1v) is 6.21. The van der Waals surface area contributed by atoms with Gasteiger partial charge in [0.2, 0.25) is 5.82 Å². The molecular formula is C15H9N5. The predicted octanol–water partition coefficient (Wildman–Crippen LogP) is 2.64. The number of pyridine rings is 2. The average molecular weight is 259 g/mol. The van der Waals surface area contributed by atoms with Gasteiger partial charge in [0.05, 0.1) is 11.7 Å². The minimum Gasteiger partial charge on any atom is -0.254 e. The van der Waals surface area contributed by atoms with Crippen molar-refractivity contribution in [1.82, 2.24) is 25.1 Å². The van der Waals surface area contributed by atoms with Crippen molar-refractivity contribution < 1.29 is 0 Å². The molecule has 0 unspecified atom stereocenters. The van der Waals surface area contributed by atoms with E-state index in [4.69, 9.17) is 0 Å². The van der Waals surface area contributed by atoms with E-state index < -0.39 is 0 Å². The molecule has 5 nitrogen and oxygen atoms in total. The minimum atomic E-state index is 0.509. The summed E-state index contributed by atoms with van der Waals surface area (Å²) in [5.41, 5.74) is 3.08. The highest BCUT2D eigenvalue weighted by molar-refractivity contribution is 6.01. The van der Waals surface area contributed by atoms with Crippen LogP contribution in [0.2, 0.25) is 0 Å². The Morgan fingerprint density at radius 3 is 2.55 bits per heavy atom. The van der Waals surface area contributed by atoms with Gasteiger partial charge in [0.25, 0.3) is 0 Å². The van der Waals surface area contributed by atoms with Crippen molar-refractivity contribution in [3.63, 3.8) is 0 Å². The summed E-state index contributed by atoms with van der Waals surface area (Å²) >= 11 is 0. The number of rotatable bonds is 1. The smallest absolute Gasteiger partial charge is 0.201 e. The third kappa shape index (κ3) is 1.68. The number of hydrogen-bond acceptors (Lipinski definition) is 5. The quantitative estimate of drug-likeness (QED) is 0.492. The summed E-state index contributed by atoms with van der Waals surface area (Å²) in [5.74, 6) is 0.509. The molecule has 0 spiro atoms. The summed E-state index contributed by atoms with van der Waals surface area (Å²) in [6.45, 7) is 0. The minimum absolute atomic E-state index is 0.509. The van der Waals surface area contributed by atoms with Crippen molar-refractivity contribution in [2.75, 3.05) is 0 Å². The summed E-state index contributed by atoms with van der Waals surface area (Å²) in [4.78, 5) is 13.1. The van der Waals surface area contributed by atoms with Gasteiger partial charge in [-0.2, -0.15) is 0 Å². The predicted molar refractivity (Wildman–Crippen MR) is 75.9 cm³/mol. The van der Waals surface area contributed by atoms with Crippen LogP contribution in [-0.4, -0.2) is 25.1 Å². The Morgan fingerprint density at radius 1 is 0.750 bits per heavy atom.